The predicted octanol–water partition coefficient (Wildman–Crippen LogP) is 3.35. The number of carbonyl (C=O) groups is 2. The molecule has 4 rings (SSSR count). The Balaban J connectivity index is 1.62. The van der Waals surface area contributed by atoms with Crippen LogP contribution >= 0.6 is 0 Å². The maximum Gasteiger partial charge on any atom is 0.139 e. The number of nitrogens with zero attached hydrogens (tertiary/aromatic N) is 1. The zero-order chi connectivity index (χ0) is 19.4. The Labute approximate surface area is 162 Å². The number of ketones is 2. The summed E-state index contributed by atoms with van der Waals surface area (Å²) in [5, 5.41) is 4.33. The standard InChI is InChI=1S/C22H34N2O3/c1-13-17(24-27-11-10-23)7-9-22(3)16-6-8-21(2)15(4-5-19(21)26)14(16)12-18(25)20(13)22/h13-16,20H,4-12,23H2,1-3H3/b24-17+/t13-,14+,15+,16+,20+,21+,22-/m1/s1. The highest BCUT2D eigenvalue weighted by molar-refractivity contribution is 5.95. The van der Waals surface area contributed by atoms with Gasteiger partial charge in [0.25, 0.3) is 0 Å². The lowest BCUT2D eigenvalue weighted by molar-refractivity contribution is -0.155. The molecule has 0 aromatic heterocycles. The topological polar surface area (TPSA) is 81.8 Å². The Morgan fingerprint density at radius 3 is 2.67 bits per heavy atom. The number of hydrogen-bond donors (Lipinski definition) is 1. The molecule has 0 aromatic rings. The molecule has 27 heavy (non-hydrogen) atoms. The van der Waals surface area contributed by atoms with Gasteiger partial charge in [-0.3, -0.25) is 9.59 Å². The van der Waals surface area contributed by atoms with Crippen LogP contribution in [0.4, 0.5) is 0 Å². The number of carbonyl (C=O) groups excluding carboxylic acids is 2. The van der Waals surface area contributed by atoms with Crippen LogP contribution in [0.25, 0.3) is 0 Å². The monoisotopic (exact) mass is 374 g/mol. The van der Waals surface area contributed by atoms with Crippen LogP contribution in [-0.4, -0.2) is 30.4 Å². The lowest BCUT2D eigenvalue weighted by Crippen LogP contribution is -2.58. The first-order valence-corrected chi connectivity index (χ1v) is 10.8. The van der Waals surface area contributed by atoms with Gasteiger partial charge in [0.05, 0.1) is 5.71 Å². The van der Waals surface area contributed by atoms with E-state index in [2.05, 4.69) is 25.9 Å². The summed E-state index contributed by atoms with van der Waals surface area (Å²) in [6.07, 6.45) is 6.34. The molecule has 0 amide bonds. The van der Waals surface area contributed by atoms with Crippen LogP contribution in [0, 0.1) is 40.4 Å². The lowest BCUT2D eigenvalue weighted by Gasteiger charge is -2.59. The Bertz CT molecular complexity index is 674. The molecule has 0 aliphatic heterocycles. The second-order valence-electron chi connectivity index (χ2n) is 9.94. The molecule has 5 nitrogen and oxygen atoms in total. The van der Waals surface area contributed by atoms with E-state index in [-0.39, 0.29) is 22.7 Å². The molecule has 0 bridgehead atoms. The van der Waals surface area contributed by atoms with Gasteiger partial charge >= 0.3 is 0 Å². The minimum atomic E-state index is -0.173. The van der Waals surface area contributed by atoms with E-state index in [0.717, 1.165) is 37.8 Å². The molecule has 0 radical (unpaired) electrons. The molecule has 4 fully saturated rings. The third kappa shape index (κ3) is 2.72. The van der Waals surface area contributed by atoms with Crippen LogP contribution < -0.4 is 5.73 Å². The average molecular weight is 375 g/mol. The molecule has 0 spiro atoms. The molecule has 0 heterocycles. The third-order valence-electron chi connectivity index (χ3n) is 8.82. The van der Waals surface area contributed by atoms with Crippen LogP contribution in [-0.2, 0) is 14.4 Å². The number of rotatable bonds is 3. The molecule has 5 heteroatoms. The van der Waals surface area contributed by atoms with Gasteiger partial charge in [-0.15, -0.1) is 0 Å². The number of hydrogen-bond acceptors (Lipinski definition) is 5. The summed E-state index contributed by atoms with van der Waals surface area (Å²) in [5.74, 6) is 2.35. The fourth-order valence-electron chi connectivity index (χ4n) is 7.44. The summed E-state index contributed by atoms with van der Waals surface area (Å²) >= 11 is 0. The van der Waals surface area contributed by atoms with Crippen molar-refractivity contribution in [2.24, 2.45) is 51.3 Å². The Morgan fingerprint density at radius 2 is 1.93 bits per heavy atom. The number of nitrogens with two attached hydrogens (primary N) is 1. The minimum Gasteiger partial charge on any atom is -0.394 e. The number of fused-ring (bicyclic) bond motifs is 5. The van der Waals surface area contributed by atoms with Gasteiger partial charge in [0.1, 0.15) is 18.2 Å². The normalized spacial score (nSPS) is 48.1. The van der Waals surface area contributed by atoms with E-state index in [4.69, 9.17) is 10.6 Å². The van der Waals surface area contributed by atoms with Crippen molar-refractivity contribution in [3.8, 4) is 0 Å². The molecule has 0 saturated heterocycles. The largest absolute Gasteiger partial charge is 0.394 e. The van der Waals surface area contributed by atoms with E-state index < -0.39 is 0 Å². The maximum atomic E-state index is 13.3. The Kier molecular flexibility index (Phi) is 4.73. The van der Waals surface area contributed by atoms with Crippen LogP contribution in [0.1, 0.15) is 65.7 Å². The van der Waals surface area contributed by atoms with Crippen molar-refractivity contribution in [1.82, 2.24) is 0 Å². The summed E-state index contributed by atoms with van der Waals surface area (Å²) in [6.45, 7) is 7.54. The molecule has 0 unspecified atom stereocenters. The summed E-state index contributed by atoms with van der Waals surface area (Å²) in [4.78, 5) is 31.2. The van der Waals surface area contributed by atoms with Crippen molar-refractivity contribution in [2.45, 2.75) is 65.7 Å². The van der Waals surface area contributed by atoms with Gasteiger partial charge in [-0.05, 0) is 55.3 Å². The Morgan fingerprint density at radius 1 is 1.15 bits per heavy atom. The summed E-state index contributed by atoms with van der Waals surface area (Å²) < 4.78 is 0. The van der Waals surface area contributed by atoms with Gasteiger partial charge in [0, 0.05) is 36.6 Å². The Hall–Kier alpha value is -1.23. The SMILES string of the molecule is C[C@@H]1/C(=N/OCCN)CC[C@@]2(C)[C@@H]1C(=O)C[C@@H]1[C@@H]2CC[C@]2(C)C(=O)CC[C@@H]12. The second kappa shape index (κ2) is 6.68. The first-order chi connectivity index (χ1) is 12.8. The zero-order valence-corrected chi connectivity index (χ0v) is 17.0. The van der Waals surface area contributed by atoms with E-state index in [1.165, 1.54) is 0 Å². The van der Waals surface area contributed by atoms with Gasteiger partial charge in [0.2, 0.25) is 0 Å². The molecular weight excluding hydrogens is 340 g/mol. The number of Topliss-reactive ketones (excluding diaryl/α,β-unsaturated/α-hetero) is 2. The van der Waals surface area contributed by atoms with Crippen LogP contribution in [0.15, 0.2) is 5.16 Å². The van der Waals surface area contributed by atoms with Gasteiger partial charge in [0.15, 0.2) is 0 Å². The second-order valence-corrected chi connectivity index (χ2v) is 9.94. The van der Waals surface area contributed by atoms with Gasteiger partial charge in [-0.25, -0.2) is 0 Å². The van der Waals surface area contributed by atoms with E-state index in [1.807, 2.05) is 0 Å². The van der Waals surface area contributed by atoms with Crippen LogP contribution in [0.5, 0.6) is 0 Å². The van der Waals surface area contributed by atoms with Crippen molar-refractivity contribution >= 4 is 17.3 Å². The lowest BCUT2D eigenvalue weighted by atomic mass is 9.43. The first-order valence-electron chi connectivity index (χ1n) is 10.8. The van der Waals surface area contributed by atoms with Crippen molar-refractivity contribution in [2.75, 3.05) is 13.2 Å². The summed E-state index contributed by atoms with van der Waals surface area (Å²) in [5.41, 5.74) is 6.37. The molecular formula is C22H34N2O3. The highest BCUT2D eigenvalue weighted by Crippen LogP contribution is 2.65. The third-order valence-corrected chi connectivity index (χ3v) is 8.82. The van der Waals surface area contributed by atoms with Gasteiger partial charge in [-0.2, -0.15) is 0 Å². The summed E-state index contributed by atoms with van der Waals surface area (Å²) in [7, 11) is 0. The van der Waals surface area contributed by atoms with Gasteiger partial charge in [-0.1, -0.05) is 25.9 Å². The molecule has 0 aromatic carbocycles. The zero-order valence-electron chi connectivity index (χ0n) is 17.0. The first kappa shape index (κ1) is 19.1. The van der Waals surface area contributed by atoms with E-state index in [1.54, 1.807) is 0 Å². The van der Waals surface area contributed by atoms with Crippen LogP contribution in [0.3, 0.4) is 0 Å². The molecule has 4 aliphatic rings. The smallest absolute Gasteiger partial charge is 0.139 e. The highest BCUT2D eigenvalue weighted by atomic mass is 16.6. The molecule has 4 aliphatic carbocycles. The van der Waals surface area contributed by atoms with Gasteiger partial charge < -0.3 is 10.6 Å². The van der Waals surface area contributed by atoms with E-state index >= 15 is 0 Å². The van der Waals surface area contributed by atoms with Crippen molar-refractivity contribution in [3.63, 3.8) is 0 Å². The predicted molar refractivity (Wildman–Crippen MR) is 104 cm³/mol. The number of oxime groups is 1. The molecule has 7 atom stereocenters. The molecule has 150 valence electrons. The van der Waals surface area contributed by atoms with Crippen LogP contribution in [0.2, 0.25) is 0 Å². The van der Waals surface area contributed by atoms with E-state index in [0.29, 0.717) is 55.3 Å². The molecule has 4 saturated carbocycles. The fourth-order valence-corrected chi connectivity index (χ4v) is 7.44. The minimum absolute atomic E-state index is 0.0271. The molecule has 2 N–H and O–H groups in total. The van der Waals surface area contributed by atoms with Crippen molar-refractivity contribution in [1.29, 1.82) is 0 Å². The highest BCUT2D eigenvalue weighted by Gasteiger charge is 2.63. The van der Waals surface area contributed by atoms with Crippen molar-refractivity contribution < 1.29 is 14.4 Å². The van der Waals surface area contributed by atoms with E-state index in [9.17, 15) is 9.59 Å². The quantitative estimate of drug-likeness (QED) is 0.607. The average Bonchev–Trinajstić information content (AvgIpc) is 2.92. The maximum absolute atomic E-state index is 13.3. The summed E-state index contributed by atoms with van der Waals surface area (Å²) in [6, 6.07) is 0. The van der Waals surface area contributed by atoms with Crippen molar-refractivity contribution in [3.05, 3.63) is 0 Å². The fraction of sp³-hybridized carbons (Fsp3) is 0.864.